The first-order valence-electron chi connectivity index (χ1n) is 10.00. The number of phenolic OH excluding ortho intramolecular Hbond substituents is 1. The molecule has 9 heteroatoms. The lowest BCUT2D eigenvalue weighted by molar-refractivity contribution is 0.106. The quantitative estimate of drug-likeness (QED) is 0.687. The first-order valence-corrected chi connectivity index (χ1v) is 10.8. The van der Waals surface area contributed by atoms with Crippen molar-refractivity contribution in [3.63, 3.8) is 0 Å². The van der Waals surface area contributed by atoms with Gasteiger partial charge in [0.2, 0.25) is 0 Å². The molecule has 0 spiro atoms. The number of phenols is 1. The number of hydrogen-bond donors (Lipinski definition) is 1. The number of anilines is 1. The number of benzene rings is 1. The Hall–Kier alpha value is -2.91. The lowest BCUT2D eigenvalue weighted by atomic mass is 10.1. The van der Waals surface area contributed by atoms with Gasteiger partial charge in [0.15, 0.2) is 5.13 Å². The molecule has 1 aromatic rings. The molecule has 0 aromatic heterocycles. The molecule has 0 aliphatic carbocycles. The van der Waals surface area contributed by atoms with E-state index in [-0.39, 0.29) is 11.8 Å². The van der Waals surface area contributed by atoms with Gasteiger partial charge >= 0.3 is 6.09 Å². The zero-order valence-electron chi connectivity index (χ0n) is 16.6. The maximum atomic E-state index is 12.2. The summed E-state index contributed by atoms with van der Waals surface area (Å²) in [6.07, 6.45) is -0.315. The van der Waals surface area contributed by atoms with Crippen molar-refractivity contribution in [3.05, 3.63) is 35.5 Å². The van der Waals surface area contributed by atoms with Crippen molar-refractivity contribution in [2.45, 2.75) is 20.0 Å². The van der Waals surface area contributed by atoms with E-state index in [2.05, 4.69) is 4.90 Å². The fourth-order valence-electron chi connectivity index (χ4n) is 3.87. The summed E-state index contributed by atoms with van der Waals surface area (Å²) in [4.78, 5) is 26.9. The summed E-state index contributed by atoms with van der Waals surface area (Å²) >= 11 is 1.60. The number of aromatic hydroxyl groups is 1. The Morgan fingerprint density at radius 1 is 1.23 bits per heavy atom. The topological polar surface area (TPSA) is 88.0 Å². The highest BCUT2D eigenvalue weighted by Crippen LogP contribution is 2.45. The molecule has 1 saturated heterocycles. The van der Waals surface area contributed by atoms with Gasteiger partial charge in [-0.1, -0.05) is 23.5 Å². The van der Waals surface area contributed by atoms with Crippen molar-refractivity contribution in [1.29, 1.82) is 0 Å². The molecule has 0 radical (unpaired) electrons. The Kier molecular flexibility index (Phi) is 4.92. The summed E-state index contributed by atoms with van der Waals surface area (Å²) in [6.45, 7) is 5.96. The normalized spacial score (nSPS) is 16.2. The van der Waals surface area contributed by atoms with Crippen molar-refractivity contribution in [1.82, 2.24) is 14.9 Å². The molecule has 156 valence electrons. The van der Waals surface area contributed by atoms with Gasteiger partial charge in [0.1, 0.15) is 17.1 Å². The van der Waals surface area contributed by atoms with Crippen LogP contribution in [0.4, 0.5) is 9.93 Å². The number of aromatic nitrogens is 2. The Morgan fingerprint density at radius 3 is 2.83 bits per heavy atom. The molecule has 5 rings (SSSR count). The predicted octanol–water partition coefficient (Wildman–Crippen LogP) is 3.32. The summed E-state index contributed by atoms with van der Waals surface area (Å²) in [5.41, 5.74) is 4.33. The van der Waals surface area contributed by atoms with E-state index in [0.717, 1.165) is 51.3 Å². The first-order chi connectivity index (χ1) is 14.6. The Morgan fingerprint density at radius 2 is 2.07 bits per heavy atom. The Bertz CT molecular complexity index is 1060. The van der Waals surface area contributed by atoms with Crippen LogP contribution in [0.2, 0.25) is 0 Å². The van der Waals surface area contributed by atoms with Crippen molar-refractivity contribution >= 4 is 22.6 Å². The van der Waals surface area contributed by atoms with Gasteiger partial charge in [-0.2, -0.15) is 0 Å². The molecule has 1 fully saturated rings. The Labute approximate surface area is 178 Å². The van der Waals surface area contributed by atoms with Gasteiger partial charge in [0, 0.05) is 24.2 Å². The lowest BCUT2D eigenvalue weighted by Gasteiger charge is -2.28. The highest BCUT2D eigenvalue weighted by molar-refractivity contribution is 7.19. The predicted molar refractivity (Wildman–Crippen MR) is 113 cm³/mol. The average Bonchev–Trinajstić information content (AvgIpc) is 3.32. The van der Waals surface area contributed by atoms with Gasteiger partial charge in [-0.25, -0.2) is 14.8 Å². The molecule has 1 aromatic carbocycles. The highest BCUT2D eigenvalue weighted by Gasteiger charge is 2.34. The minimum Gasteiger partial charge on any atom is -0.508 e. The highest BCUT2D eigenvalue weighted by atomic mass is 32.1. The number of hydrogen-bond acceptors (Lipinski definition) is 8. The standard InChI is InChI=1S/C21H22N4O4S/c1-2-29-21(27)25-11-15-16(12-25)22-18-17(13-4-3-5-14(26)10-13)23-20(30-19(15)18)24-6-8-28-9-7-24/h3-5,10,26H,2,6-9,11-12H2,1H3. The van der Waals surface area contributed by atoms with Gasteiger partial charge in [0.05, 0.1) is 43.5 Å². The smallest absolute Gasteiger partial charge is 0.410 e. The number of amides is 1. The number of fused-ring (bicyclic) bond motifs is 3. The molecule has 0 bridgehead atoms. The summed E-state index contributed by atoms with van der Waals surface area (Å²) < 4.78 is 10.7. The molecule has 0 saturated carbocycles. The fraction of sp³-hybridized carbons (Fsp3) is 0.381. The van der Waals surface area contributed by atoms with E-state index in [0.29, 0.717) is 32.9 Å². The van der Waals surface area contributed by atoms with Crippen molar-refractivity contribution in [2.75, 3.05) is 37.8 Å². The summed E-state index contributed by atoms with van der Waals surface area (Å²) in [7, 11) is 0. The Balaban J connectivity index is 1.61. The number of carbonyl (C=O) groups is 1. The van der Waals surface area contributed by atoms with Crippen LogP contribution in [0, 0.1) is 0 Å². The fourth-order valence-corrected chi connectivity index (χ4v) is 5.05. The van der Waals surface area contributed by atoms with Crippen molar-refractivity contribution in [3.8, 4) is 27.6 Å². The molecule has 1 N–H and O–H groups in total. The average molecular weight is 426 g/mol. The maximum absolute atomic E-state index is 12.2. The van der Waals surface area contributed by atoms with Gasteiger partial charge in [-0.3, -0.25) is 4.90 Å². The van der Waals surface area contributed by atoms with E-state index in [1.807, 2.05) is 12.1 Å². The van der Waals surface area contributed by atoms with Crippen LogP contribution in [0.15, 0.2) is 24.3 Å². The molecular weight excluding hydrogens is 404 g/mol. The largest absolute Gasteiger partial charge is 0.508 e. The first kappa shape index (κ1) is 19.1. The zero-order valence-corrected chi connectivity index (χ0v) is 17.4. The number of morpholine rings is 1. The van der Waals surface area contributed by atoms with Crippen LogP contribution in [-0.2, 0) is 22.6 Å². The van der Waals surface area contributed by atoms with Crippen molar-refractivity contribution < 1.29 is 19.4 Å². The summed E-state index contributed by atoms with van der Waals surface area (Å²) in [5.74, 6) is 0.190. The van der Waals surface area contributed by atoms with E-state index >= 15 is 0 Å². The maximum Gasteiger partial charge on any atom is 0.410 e. The molecule has 1 amide bonds. The molecule has 4 heterocycles. The van der Waals surface area contributed by atoms with Crippen LogP contribution in [-0.4, -0.2) is 59.0 Å². The van der Waals surface area contributed by atoms with Gasteiger partial charge in [0.25, 0.3) is 0 Å². The van der Waals surface area contributed by atoms with Crippen LogP contribution in [0.1, 0.15) is 18.2 Å². The second kappa shape index (κ2) is 7.73. The second-order valence-corrected chi connectivity index (χ2v) is 8.24. The van der Waals surface area contributed by atoms with Crippen LogP contribution in [0.25, 0.3) is 21.8 Å². The molecule has 8 nitrogen and oxygen atoms in total. The van der Waals surface area contributed by atoms with Gasteiger partial charge < -0.3 is 19.5 Å². The monoisotopic (exact) mass is 426 g/mol. The van der Waals surface area contributed by atoms with Crippen LogP contribution >= 0.6 is 11.3 Å². The minimum atomic E-state index is -0.315. The molecule has 0 unspecified atom stereocenters. The number of rotatable bonds is 3. The van der Waals surface area contributed by atoms with Crippen LogP contribution in [0.3, 0.4) is 0 Å². The van der Waals surface area contributed by atoms with E-state index in [9.17, 15) is 9.90 Å². The van der Waals surface area contributed by atoms with Crippen LogP contribution in [0.5, 0.6) is 5.75 Å². The van der Waals surface area contributed by atoms with Crippen LogP contribution < -0.4 is 4.90 Å². The molecular formula is C21H22N4O4S. The third kappa shape index (κ3) is 3.33. The summed E-state index contributed by atoms with van der Waals surface area (Å²) in [5, 5.41) is 10.9. The van der Waals surface area contributed by atoms with E-state index in [1.54, 1.807) is 35.3 Å². The van der Waals surface area contributed by atoms with E-state index < -0.39 is 0 Å². The zero-order chi connectivity index (χ0) is 20.7. The molecule has 4 aliphatic rings. The number of carbonyl (C=O) groups excluding carboxylic acids is 1. The van der Waals surface area contributed by atoms with Gasteiger partial charge in [-0.15, -0.1) is 0 Å². The lowest BCUT2D eigenvalue weighted by Crippen LogP contribution is -2.36. The second-order valence-electron chi connectivity index (χ2n) is 7.26. The van der Waals surface area contributed by atoms with Crippen molar-refractivity contribution in [2.24, 2.45) is 0 Å². The van der Waals surface area contributed by atoms with E-state index in [4.69, 9.17) is 19.4 Å². The molecule has 4 aliphatic heterocycles. The molecule has 30 heavy (non-hydrogen) atoms. The number of nitrogens with zero attached hydrogens (tertiary/aromatic N) is 4. The number of ether oxygens (including phenoxy) is 2. The third-order valence-corrected chi connectivity index (χ3v) is 6.50. The third-order valence-electron chi connectivity index (χ3n) is 5.33. The van der Waals surface area contributed by atoms with E-state index in [1.165, 1.54) is 0 Å². The SMILES string of the molecule is CCOC(=O)N1Cc2nc3c(-c4cccc(O)c4)nc(N4CCOCC4)sc-3c2C1. The molecule has 0 atom stereocenters. The minimum absolute atomic E-state index is 0.190. The summed E-state index contributed by atoms with van der Waals surface area (Å²) in [6, 6.07) is 7.09. The van der Waals surface area contributed by atoms with Gasteiger partial charge in [-0.05, 0) is 19.1 Å².